The van der Waals surface area contributed by atoms with Crippen LogP contribution in [0.3, 0.4) is 0 Å². The van der Waals surface area contributed by atoms with Gasteiger partial charge in [-0.15, -0.1) is 0 Å². The van der Waals surface area contributed by atoms with Gasteiger partial charge in [0.2, 0.25) is 10.0 Å². The molecule has 0 spiro atoms. The van der Waals surface area contributed by atoms with Gasteiger partial charge in [-0.05, 0) is 31.7 Å². The summed E-state index contributed by atoms with van der Waals surface area (Å²) in [5, 5.41) is -0.721. The molecule has 3 unspecified atom stereocenters. The Balaban J connectivity index is 1.43. The van der Waals surface area contributed by atoms with Gasteiger partial charge in [-0.1, -0.05) is 11.6 Å². The highest BCUT2D eigenvalue weighted by Crippen LogP contribution is 2.66. The molecule has 1 aromatic rings. The Morgan fingerprint density at radius 2 is 1.96 bits per heavy atom. The number of hydrogen-bond acceptors (Lipinski definition) is 4. The van der Waals surface area contributed by atoms with Crippen LogP contribution >= 0.6 is 11.6 Å². The van der Waals surface area contributed by atoms with Crippen LogP contribution in [0.5, 0.6) is 5.75 Å². The molecular weight excluding hydrogens is 407 g/mol. The minimum atomic E-state index is -3.82. The molecule has 27 heavy (non-hydrogen) atoms. The molecule has 3 aliphatic carbocycles. The summed E-state index contributed by atoms with van der Waals surface area (Å²) in [6.07, 6.45) is 1.98. The van der Waals surface area contributed by atoms with Crippen LogP contribution in [0.2, 0.25) is 5.02 Å². The number of amides is 1. The van der Waals surface area contributed by atoms with Gasteiger partial charge in [0, 0.05) is 23.8 Å². The maximum atomic E-state index is 14.3. The maximum absolute atomic E-state index is 14.3. The number of alkyl halides is 2. The number of hydrogen-bond donors (Lipinski definition) is 1. The highest BCUT2D eigenvalue weighted by atomic mass is 35.5. The lowest BCUT2D eigenvalue weighted by Crippen LogP contribution is -2.33. The van der Waals surface area contributed by atoms with Gasteiger partial charge >= 0.3 is 0 Å². The van der Waals surface area contributed by atoms with Gasteiger partial charge in [0.05, 0.1) is 22.4 Å². The van der Waals surface area contributed by atoms with Crippen LogP contribution < -0.4 is 9.46 Å². The van der Waals surface area contributed by atoms with Gasteiger partial charge in [-0.2, -0.15) is 0 Å². The molecule has 148 valence electrons. The quantitative estimate of drug-likeness (QED) is 0.761. The number of sulfonamides is 1. The third-order valence-electron chi connectivity index (χ3n) is 5.54. The second-order valence-corrected chi connectivity index (χ2v) is 9.76. The molecule has 0 radical (unpaired) electrons. The molecule has 1 amide bonds. The van der Waals surface area contributed by atoms with E-state index in [1.807, 2.05) is 4.72 Å². The van der Waals surface area contributed by atoms with Crippen molar-refractivity contribution < 1.29 is 31.1 Å². The predicted molar refractivity (Wildman–Crippen MR) is 91.0 cm³/mol. The van der Waals surface area contributed by atoms with Crippen LogP contribution in [0.15, 0.2) is 12.1 Å². The lowest BCUT2D eigenvalue weighted by atomic mass is 10.0. The smallest absolute Gasteiger partial charge is 0.267 e. The van der Waals surface area contributed by atoms with Crippen molar-refractivity contribution in [3.8, 4) is 5.75 Å². The van der Waals surface area contributed by atoms with E-state index in [9.17, 15) is 26.4 Å². The Bertz CT molecular complexity index is 904. The Labute approximate surface area is 159 Å². The standard InChI is InChI=1S/C17H17ClF3NO4S/c18-12-5-10(16(23)22-27(24,25)9-2-3-9)13(19)6-14(12)26-7-8-1-4-11-15(8)17(11,20)21/h5-6,8-9,11,15H,1-4,7H2,(H,22,23). The summed E-state index contributed by atoms with van der Waals surface area (Å²) in [5.74, 6) is -6.42. The van der Waals surface area contributed by atoms with Crippen molar-refractivity contribution in [2.75, 3.05) is 6.61 Å². The molecule has 0 heterocycles. The van der Waals surface area contributed by atoms with Crippen molar-refractivity contribution in [2.45, 2.75) is 36.9 Å². The largest absolute Gasteiger partial charge is 0.492 e. The molecule has 0 bridgehead atoms. The first kappa shape index (κ1) is 18.9. The topological polar surface area (TPSA) is 72.5 Å². The Morgan fingerprint density at radius 3 is 2.56 bits per heavy atom. The van der Waals surface area contributed by atoms with Crippen LogP contribution in [-0.2, 0) is 10.0 Å². The monoisotopic (exact) mass is 423 g/mol. The van der Waals surface area contributed by atoms with Gasteiger partial charge in [0.15, 0.2) is 0 Å². The fourth-order valence-corrected chi connectivity index (χ4v) is 5.36. The number of halogens is 4. The van der Waals surface area contributed by atoms with Gasteiger partial charge in [-0.3, -0.25) is 4.79 Å². The zero-order chi connectivity index (χ0) is 19.6. The molecule has 3 aliphatic rings. The van der Waals surface area contributed by atoms with E-state index < -0.39 is 50.3 Å². The molecular formula is C17H17ClF3NO4S. The summed E-state index contributed by atoms with van der Waals surface area (Å²) >= 11 is 6.01. The molecule has 1 N–H and O–H groups in total. The molecule has 3 saturated carbocycles. The zero-order valence-corrected chi connectivity index (χ0v) is 15.6. The van der Waals surface area contributed by atoms with E-state index in [1.54, 1.807) is 0 Å². The Hall–Kier alpha value is -1.48. The second kappa shape index (κ2) is 6.27. The number of carbonyl (C=O) groups is 1. The summed E-state index contributed by atoms with van der Waals surface area (Å²) in [7, 11) is -3.82. The number of carbonyl (C=O) groups excluding carboxylic acids is 1. The minimum Gasteiger partial charge on any atom is -0.492 e. The second-order valence-electron chi connectivity index (χ2n) is 7.39. The van der Waals surface area contributed by atoms with E-state index in [-0.39, 0.29) is 23.3 Å². The normalized spacial score (nSPS) is 28.5. The van der Waals surface area contributed by atoms with Crippen LogP contribution in [0.25, 0.3) is 0 Å². The third-order valence-corrected chi connectivity index (χ3v) is 7.65. The highest BCUT2D eigenvalue weighted by molar-refractivity contribution is 7.91. The number of fused-ring (bicyclic) bond motifs is 1. The minimum absolute atomic E-state index is 0.0164. The number of ether oxygens (including phenoxy) is 1. The number of benzene rings is 1. The molecule has 0 saturated heterocycles. The van der Waals surface area contributed by atoms with E-state index in [1.165, 1.54) is 0 Å². The van der Waals surface area contributed by atoms with Crippen LogP contribution in [0.4, 0.5) is 13.2 Å². The van der Waals surface area contributed by atoms with E-state index in [0.717, 1.165) is 12.1 Å². The van der Waals surface area contributed by atoms with Crippen LogP contribution in [0, 0.1) is 23.6 Å². The summed E-state index contributed by atoms with van der Waals surface area (Å²) in [6, 6.07) is 1.85. The molecule has 3 atom stereocenters. The highest BCUT2D eigenvalue weighted by Gasteiger charge is 2.73. The first-order chi connectivity index (χ1) is 12.6. The van der Waals surface area contributed by atoms with Crippen molar-refractivity contribution in [1.82, 2.24) is 4.72 Å². The predicted octanol–water partition coefficient (Wildman–Crippen LogP) is 3.37. The fourth-order valence-electron chi connectivity index (χ4n) is 3.85. The van der Waals surface area contributed by atoms with E-state index in [4.69, 9.17) is 16.3 Å². The van der Waals surface area contributed by atoms with Gasteiger partial charge < -0.3 is 4.74 Å². The third kappa shape index (κ3) is 3.40. The molecule has 3 fully saturated rings. The van der Waals surface area contributed by atoms with E-state index >= 15 is 0 Å². The average molecular weight is 424 g/mol. The summed E-state index contributed by atoms with van der Waals surface area (Å²) in [5.41, 5.74) is -0.522. The molecule has 0 aromatic heterocycles. The van der Waals surface area contributed by atoms with Gasteiger partial charge in [0.1, 0.15) is 11.6 Å². The molecule has 5 nitrogen and oxygen atoms in total. The number of rotatable bonds is 6. The number of nitrogens with one attached hydrogen (secondary N) is 1. The lowest BCUT2D eigenvalue weighted by molar-refractivity contribution is 0.0512. The SMILES string of the molecule is O=C(NS(=O)(=O)C1CC1)c1cc(Cl)c(OCC2CCC3C2C3(F)F)cc1F. The molecule has 4 rings (SSSR count). The van der Waals surface area contributed by atoms with Crippen molar-refractivity contribution in [3.63, 3.8) is 0 Å². The summed E-state index contributed by atoms with van der Waals surface area (Å²) in [6.45, 7) is -0.0164. The van der Waals surface area contributed by atoms with E-state index in [0.29, 0.717) is 25.7 Å². The first-order valence-electron chi connectivity index (χ1n) is 8.67. The maximum Gasteiger partial charge on any atom is 0.267 e. The Morgan fingerprint density at radius 1 is 1.26 bits per heavy atom. The molecule has 0 aliphatic heterocycles. The van der Waals surface area contributed by atoms with Crippen LogP contribution in [0.1, 0.15) is 36.0 Å². The van der Waals surface area contributed by atoms with Crippen LogP contribution in [-0.4, -0.2) is 32.1 Å². The average Bonchev–Trinajstić information content (AvgIpc) is 3.45. The summed E-state index contributed by atoms with van der Waals surface area (Å²) in [4.78, 5) is 12.1. The van der Waals surface area contributed by atoms with Crippen molar-refractivity contribution in [3.05, 3.63) is 28.5 Å². The van der Waals surface area contributed by atoms with Crippen molar-refractivity contribution in [1.29, 1.82) is 0 Å². The lowest BCUT2D eigenvalue weighted by Gasteiger charge is -2.16. The van der Waals surface area contributed by atoms with Crippen molar-refractivity contribution in [2.24, 2.45) is 17.8 Å². The molecule has 1 aromatic carbocycles. The van der Waals surface area contributed by atoms with Gasteiger partial charge in [0.25, 0.3) is 11.8 Å². The van der Waals surface area contributed by atoms with E-state index in [2.05, 4.69) is 0 Å². The first-order valence-corrected chi connectivity index (χ1v) is 10.6. The van der Waals surface area contributed by atoms with Gasteiger partial charge in [-0.25, -0.2) is 26.3 Å². The summed E-state index contributed by atoms with van der Waals surface area (Å²) < 4.78 is 72.1. The Kier molecular flexibility index (Phi) is 4.38. The molecule has 10 heteroatoms. The zero-order valence-electron chi connectivity index (χ0n) is 14.1. The fraction of sp³-hybridized carbons (Fsp3) is 0.588. The van der Waals surface area contributed by atoms with Crippen molar-refractivity contribution >= 4 is 27.5 Å².